The van der Waals surface area contributed by atoms with Crippen molar-refractivity contribution in [1.29, 1.82) is 0 Å². The van der Waals surface area contributed by atoms with Gasteiger partial charge in [-0.15, -0.1) is 0 Å². The highest BCUT2D eigenvalue weighted by atomic mass is 17.5. The van der Waals surface area contributed by atoms with Gasteiger partial charge in [-0.2, -0.15) is 9.78 Å². The highest BCUT2D eigenvalue weighted by Crippen LogP contribution is 2.30. The molecule has 0 N–H and O–H groups in total. The molecule has 140 valence electrons. The molecule has 1 fully saturated rings. The van der Waals surface area contributed by atoms with Crippen LogP contribution in [0.25, 0.3) is 0 Å². The Morgan fingerprint density at radius 1 is 0.750 bits per heavy atom. The van der Waals surface area contributed by atoms with E-state index in [0.29, 0.717) is 38.9 Å². The maximum atomic E-state index is 11.8. The third kappa shape index (κ3) is 8.58. The number of unbranched alkanes of at least 4 members (excludes halogenated alkanes) is 2. The lowest BCUT2D eigenvalue weighted by Gasteiger charge is -2.24. The standard InChI is InChI=1S/C16H28O8/c1-3-5-11-19-23-21-15(17)13-7-9-14(10-8-13)16(18)22-24-20-12-6-4-2/h13-14H,3-12H2,1-2H3. The number of rotatable bonds is 12. The van der Waals surface area contributed by atoms with E-state index in [9.17, 15) is 9.59 Å². The fourth-order valence-electron chi connectivity index (χ4n) is 2.29. The second kappa shape index (κ2) is 13.1. The smallest absolute Gasteiger partial charge is 0.269 e. The number of carbonyl (C=O) groups excluding carboxylic acids is 2. The van der Waals surface area contributed by atoms with Crippen LogP contribution in [0.15, 0.2) is 0 Å². The number of hydrogen-bond donors (Lipinski definition) is 0. The lowest BCUT2D eigenvalue weighted by atomic mass is 9.82. The first kappa shape index (κ1) is 20.8. The Hall–Kier alpha value is -1.22. The summed E-state index contributed by atoms with van der Waals surface area (Å²) in [7, 11) is 0. The van der Waals surface area contributed by atoms with Crippen molar-refractivity contribution >= 4 is 11.9 Å². The molecule has 1 aliphatic carbocycles. The van der Waals surface area contributed by atoms with Crippen molar-refractivity contribution in [3.8, 4) is 0 Å². The van der Waals surface area contributed by atoms with E-state index in [2.05, 4.69) is 19.9 Å². The summed E-state index contributed by atoms with van der Waals surface area (Å²) in [6.07, 6.45) is 5.67. The van der Waals surface area contributed by atoms with Crippen LogP contribution < -0.4 is 0 Å². The molecule has 0 aliphatic heterocycles. The summed E-state index contributed by atoms with van der Waals surface area (Å²) < 4.78 is 0. The highest BCUT2D eigenvalue weighted by molar-refractivity contribution is 5.74. The Bertz CT molecular complexity index is 318. The normalized spacial score (nSPS) is 20.6. The SMILES string of the molecule is CCCCOOOC(=O)C1CCC(C(=O)OOOCCCC)CC1. The first-order chi connectivity index (χ1) is 11.7. The van der Waals surface area contributed by atoms with E-state index in [0.717, 1.165) is 25.7 Å². The molecule has 0 heterocycles. The molecule has 0 atom stereocenters. The summed E-state index contributed by atoms with van der Waals surface area (Å²) in [5, 5.41) is 8.87. The Labute approximate surface area is 142 Å². The molecule has 1 saturated carbocycles. The van der Waals surface area contributed by atoms with Crippen molar-refractivity contribution in [3.05, 3.63) is 0 Å². The molecule has 1 rings (SSSR count). The Balaban J connectivity index is 2.11. The van der Waals surface area contributed by atoms with Crippen molar-refractivity contribution in [2.75, 3.05) is 13.2 Å². The van der Waals surface area contributed by atoms with E-state index in [1.165, 1.54) is 0 Å². The summed E-state index contributed by atoms with van der Waals surface area (Å²) in [5.74, 6) is -1.55. The third-order valence-corrected chi connectivity index (χ3v) is 3.88. The van der Waals surface area contributed by atoms with Crippen molar-refractivity contribution in [2.45, 2.75) is 65.2 Å². The number of hydrogen-bond acceptors (Lipinski definition) is 8. The topological polar surface area (TPSA) is 89.5 Å². The monoisotopic (exact) mass is 348 g/mol. The van der Waals surface area contributed by atoms with E-state index in [-0.39, 0.29) is 11.8 Å². The molecule has 0 aromatic carbocycles. The van der Waals surface area contributed by atoms with Crippen LogP contribution >= 0.6 is 0 Å². The van der Waals surface area contributed by atoms with Crippen molar-refractivity contribution < 1.29 is 39.2 Å². The Kier molecular flexibility index (Phi) is 11.4. The Morgan fingerprint density at radius 3 is 1.46 bits per heavy atom. The Morgan fingerprint density at radius 2 is 1.12 bits per heavy atom. The van der Waals surface area contributed by atoms with Crippen LogP contribution in [0, 0.1) is 11.8 Å². The van der Waals surface area contributed by atoms with E-state index < -0.39 is 11.9 Å². The fraction of sp³-hybridized carbons (Fsp3) is 0.875. The van der Waals surface area contributed by atoms with Gasteiger partial charge in [0, 0.05) is 0 Å². The molecule has 0 saturated heterocycles. The summed E-state index contributed by atoms with van der Waals surface area (Å²) in [5.41, 5.74) is 0. The first-order valence-corrected chi connectivity index (χ1v) is 8.69. The molecule has 0 aromatic heterocycles. The average Bonchev–Trinajstić information content (AvgIpc) is 2.61. The van der Waals surface area contributed by atoms with Crippen LogP contribution in [0.1, 0.15) is 65.2 Å². The minimum atomic E-state index is -0.475. The van der Waals surface area contributed by atoms with Crippen LogP contribution in [0.3, 0.4) is 0 Å². The lowest BCUT2D eigenvalue weighted by molar-refractivity contribution is -0.488. The van der Waals surface area contributed by atoms with Gasteiger partial charge in [-0.05, 0) is 48.6 Å². The average molecular weight is 348 g/mol. The van der Waals surface area contributed by atoms with Crippen LogP contribution in [-0.2, 0) is 39.2 Å². The fourth-order valence-corrected chi connectivity index (χ4v) is 2.29. The van der Waals surface area contributed by atoms with Gasteiger partial charge in [-0.3, -0.25) is 9.78 Å². The van der Waals surface area contributed by atoms with Gasteiger partial charge in [0.05, 0.1) is 25.0 Å². The van der Waals surface area contributed by atoms with Gasteiger partial charge in [-0.25, -0.2) is 9.59 Å². The van der Waals surface area contributed by atoms with Gasteiger partial charge < -0.3 is 0 Å². The molecule has 1 aliphatic rings. The quantitative estimate of drug-likeness (QED) is 0.302. The molecule has 0 bridgehead atoms. The second-order valence-corrected chi connectivity index (χ2v) is 5.84. The zero-order valence-corrected chi connectivity index (χ0v) is 14.5. The minimum Gasteiger partial charge on any atom is -0.269 e. The van der Waals surface area contributed by atoms with Crippen molar-refractivity contribution in [3.63, 3.8) is 0 Å². The summed E-state index contributed by atoms with van der Waals surface area (Å²) in [6.45, 7) is 4.79. The molecule has 0 spiro atoms. The predicted molar refractivity (Wildman–Crippen MR) is 81.5 cm³/mol. The van der Waals surface area contributed by atoms with Gasteiger partial charge in [0.2, 0.25) is 0 Å². The van der Waals surface area contributed by atoms with Crippen LogP contribution in [-0.4, -0.2) is 25.2 Å². The molecular formula is C16H28O8. The van der Waals surface area contributed by atoms with Gasteiger partial charge >= 0.3 is 11.9 Å². The van der Waals surface area contributed by atoms with E-state index in [1.807, 2.05) is 13.8 Å². The van der Waals surface area contributed by atoms with Gasteiger partial charge in [0.25, 0.3) is 0 Å². The zero-order valence-electron chi connectivity index (χ0n) is 14.5. The summed E-state index contributed by atoms with van der Waals surface area (Å²) in [6, 6.07) is 0. The van der Waals surface area contributed by atoms with Crippen molar-refractivity contribution in [2.24, 2.45) is 11.8 Å². The minimum absolute atomic E-state index is 0.300. The van der Waals surface area contributed by atoms with Gasteiger partial charge in [-0.1, -0.05) is 26.7 Å². The summed E-state index contributed by atoms with van der Waals surface area (Å²) >= 11 is 0. The molecule has 0 aromatic rings. The maximum absolute atomic E-state index is 11.8. The molecule has 24 heavy (non-hydrogen) atoms. The molecular weight excluding hydrogens is 320 g/mol. The van der Waals surface area contributed by atoms with E-state index in [4.69, 9.17) is 9.78 Å². The first-order valence-electron chi connectivity index (χ1n) is 8.69. The van der Waals surface area contributed by atoms with E-state index in [1.54, 1.807) is 0 Å². The van der Waals surface area contributed by atoms with Crippen LogP contribution in [0.2, 0.25) is 0 Å². The molecule has 0 amide bonds. The maximum Gasteiger partial charge on any atom is 0.348 e. The second-order valence-electron chi connectivity index (χ2n) is 5.84. The van der Waals surface area contributed by atoms with E-state index >= 15 is 0 Å². The van der Waals surface area contributed by atoms with Gasteiger partial charge in [0.15, 0.2) is 0 Å². The molecule has 0 unspecified atom stereocenters. The van der Waals surface area contributed by atoms with Gasteiger partial charge in [0.1, 0.15) is 0 Å². The molecule has 8 heteroatoms. The predicted octanol–water partition coefficient (Wildman–Crippen LogP) is 3.21. The highest BCUT2D eigenvalue weighted by Gasteiger charge is 2.33. The van der Waals surface area contributed by atoms with Crippen molar-refractivity contribution in [1.82, 2.24) is 0 Å². The summed E-state index contributed by atoms with van der Waals surface area (Å²) in [4.78, 5) is 42.2. The molecule has 8 nitrogen and oxygen atoms in total. The van der Waals surface area contributed by atoms with Crippen LogP contribution in [0.4, 0.5) is 0 Å². The number of carbonyl (C=O) groups is 2. The van der Waals surface area contributed by atoms with Crippen LogP contribution in [0.5, 0.6) is 0 Å². The largest absolute Gasteiger partial charge is 0.348 e. The molecule has 0 radical (unpaired) electrons. The lowest BCUT2D eigenvalue weighted by Crippen LogP contribution is -2.28. The zero-order chi connectivity index (χ0) is 17.6. The third-order valence-electron chi connectivity index (χ3n) is 3.88.